The minimum absolute atomic E-state index is 0.194. The van der Waals surface area contributed by atoms with Crippen LogP contribution >= 0.6 is 0 Å². The number of piperidine rings is 1. The minimum atomic E-state index is 0.194. The molecule has 2 fully saturated rings. The molecule has 0 bridgehead atoms. The molecule has 2 atom stereocenters. The molecule has 2 heterocycles. The maximum atomic E-state index is 11.5. The third-order valence-corrected chi connectivity index (χ3v) is 6.44. The SMILES string of the molecule is CC(=O)N1CCC([C@@H]2CN(Cc3ccc(C(C)C)cc3)C[C@H]2CO)CC1. The maximum absolute atomic E-state index is 11.5. The summed E-state index contributed by atoms with van der Waals surface area (Å²) in [7, 11) is 0. The first kappa shape index (κ1) is 19.4. The summed E-state index contributed by atoms with van der Waals surface area (Å²) in [6, 6.07) is 8.99. The third kappa shape index (κ3) is 4.47. The number of carbonyl (C=O) groups excluding carboxylic acids is 1. The van der Waals surface area contributed by atoms with Gasteiger partial charge in [-0.2, -0.15) is 0 Å². The number of likely N-dealkylation sites (tertiary alicyclic amines) is 2. The second kappa shape index (κ2) is 8.53. The molecule has 2 aliphatic rings. The van der Waals surface area contributed by atoms with Crippen LogP contribution in [0, 0.1) is 17.8 Å². The van der Waals surface area contributed by atoms with E-state index in [1.165, 1.54) is 11.1 Å². The number of rotatable bonds is 5. The van der Waals surface area contributed by atoms with E-state index in [9.17, 15) is 9.90 Å². The van der Waals surface area contributed by atoms with Gasteiger partial charge in [-0.25, -0.2) is 0 Å². The van der Waals surface area contributed by atoms with Gasteiger partial charge in [-0.15, -0.1) is 0 Å². The van der Waals surface area contributed by atoms with Crippen molar-refractivity contribution in [3.05, 3.63) is 35.4 Å². The van der Waals surface area contributed by atoms with Gasteiger partial charge in [0.15, 0.2) is 0 Å². The minimum Gasteiger partial charge on any atom is -0.396 e. The highest BCUT2D eigenvalue weighted by Gasteiger charge is 2.38. The second-order valence-corrected chi connectivity index (χ2v) is 8.54. The fourth-order valence-electron chi connectivity index (χ4n) is 4.75. The average molecular weight is 359 g/mol. The number of aliphatic hydroxyl groups excluding tert-OH is 1. The zero-order valence-corrected chi connectivity index (χ0v) is 16.5. The van der Waals surface area contributed by atoms with Gasteiger partial charge in [0.2, 0.25) is 5.91 Å². The normalized spacial score (nSPS) is 25.2. The van der Waals surface area contributed by atoms with Crippen molar-refractivity contribution in [3.8, 4) is 0 Å². The molecule has 4 nitrogen and oxygen atoms in total. The van der Waals surface area contributed by atoms with Crippen molar-refractivity contribution in [2.24, 2.45) is 17.8 Å². The summed E-state index contributed by atoms with van der Waals surface area (Å²) in [4.78, 5) is 16.0. The molecule has 0 saturated carbocycles. The van der Waals surface area contributed by atoms with Gasteiger partial charge in [0, 0.05) is 46.3 Å². The largest absolute Gasteiger partial charge is 0.396 e. The van der Waals surface area contributed by atoms with Gasteiger partial charge < -0.3 is 10.0 Å². The molecule has 4 heteroatoms. The van der Waals surface area contributed by atoms with Crippen molar-refractivity contribution in [2.45, 2.75) is 46.1 Å². The molecule has 1 amide bonds. The molecule has 0 radical (unpaired) electrons. The quantitative estimate of drug-likeness (QED) is 0.879. The van der Waals surface area contributed by atoms with Gasteiger partial charge in [-0.1, -0.05) is 38.1 Å². The Balaban J connectivity index is 1.57. The van der Waals surface area contributed by atoms with Crippen LogP contribution in [0.3, 0.4) is 0 Å². The van der Waals surface area contributed by atoms with Crippen LogP contribution < -0.4 is 0 Å². The van der Waals surface area contributed by atoms with Gasteiger partial charge in [0.05, 0.1) is 0 Å². The molecule has 26 heavy (non-hydrogen) atoms. The third-order valence-electron chi connectivity index (χ3n) is 6.44. The van der Waals surface area contributed by atoms with Crippen molar-refractivity contribution in [1.82, 2.24) is 9.80 Å². The van der Waals surface area contributed by atoms with E-state index in [2.05, 4.69) is 43.0 Å². The van der Waals surface area contributed by atoms with Crippen molar-refractivity contribution in [2.75, 3.05) is 32.8 Å². The molecular formula is C22H34N2O2. The van der Waals surface area contributed by atoms with Crippen LogP contribution in [0.5, 0.6) is 0 Å². The summed E-state index contributed by atoms with van der Waals surface area (Å²) in [5, 5.41) is 9.90. The molecule has 144 valence electrons. The first-order valence-electron chi connectivity index (χ1n) is 10.2. The van der Waals surface area contributed by atoms with Crippen molar-refractivity contribution in [1.29, 1.82) is 0 Å². The summed E-state index contributed by atoms with van der Waals surface area (Å²) in [6.45, 7) is 11.2. The lowest BCUT2D eigenvalue weighted by molar-refractivity contribution is -0.130. The Morgan fingerprint density at radius 2 is 1.81 bits per heavy atom. The van der Waals surface area contributed by atoms with Gasteiger partial charge in [0.1, 0.15) is 0 Å². The predicted molar refractivity (Wildman–Crippen MR) is 105 cm³/mol. The molecule has 1 aromatic carbocycles. The highest BCUT2D eigenvalue weighted by Crippen LogP contribution is 2.36. The summed E-state index contributed by atoms with van der Waals surface area (Å²) in [5.74, 6) is 2.33. The number of carbonyl (C=O) groups is 1. The molecule has 2 saturated heterocycles. The number of aliphatic hydroxyl groups is 1. The van der Waals surface area contributed by atoms with E-state index >= 15 is 0 Å². The highest BCUT2D eigenvalue weighted by atomic mass is 16.3. The molecule has 0 spiro atoms. The van der Waals surface area contributed by atoms with Gasteiger partial charge in [-0.3, -0.25) is 9.69 Å². The lowest BCUT2D eigenvalue weighted by Gasteiger charge is -2.36. The second-order valence-electron chi connectivity index (χ2n) is 8.54. The lowest BCUT2D eigenvalue weighted by Crippen LogP contribution is -2.40. The van der Waals surface area contributed by atoms with Crippen molar-refractivity contribution < 1.29 is 9.90 Å². The van der Waals surface area contributed by atoms with Gasteiger partial charge in [-0.05, 0) is 47.6 Å². The van der Waals surface area contributed by atoms with Gasteiger partial charge in [0.25, 0.3) is 0 Å². The Bertz CT molecular complexity index is 591. The van der Waals surface area contributed by atoms with E-state index in [1.807, 2.05) is 4.90 Å². The molecule has 1 aromatic rings. The lowest BCUT2D eigenvalue weighted by atomic mass is 9.79. The fraction of sp³-hybridized carbons (Fsp3) is 0.682. The monoisotopic (exact) mass is 358 g/mol. The van der Waals surface area contributed by atoms with Crippen LogP contribution in [0.1, 0.15) is 50.7 Å². The smallest absolute Gasteiger partial charge is 0.219 e. The number of benzene rings is 1. The fourth-order valence-corrected chi connectivity index (χ4v) is 4.75. The Kier molecular flexibility index (Phi) is 6.36. The van der Waals surface area contributed by atoms with E-state index in [1.54, 1.807) is 6.92 Å². The predicted octanol–water partition coefficient (Wildman–Crippen LogP) is 3.11. The zero-order chi connectivity index (χ0) is 18.7. The molecule has 1 N–H and O–H groups in total. The molecular weight excluding hydrogens is 324 g/mol. The molecule has 2 aliphatic heterocycles. The van der Waals surface area contributed by atoms with E-state index in [0.717, 1.165) is 45.6 Å². The number of hydrogen-bond donors (Lipinski definition) is 1. The van der Waals surface area contributed by atoms with Crippen molar-refractivity contribution >= 4 is 5.91 Å². The van der Waals surface area contributed by atoms with E-state index in [-0.39, 0.29) is 12.5 Å². The first-order chi connectivity index (χ1) is 12.5. The van der Waals surface area contributed by atoms with E-state index in [4.69, 9.17) is 0 Å². The summed E-state index contributed by atoms with van der Waals surface area (Å²) in [5.41, 5.74) is 2.75. The summed E-state index contributed by atoms with van der Waals surface area (Å²) >= 11 is 0. The van der Waals surface area contributed by atoms with Crippen molar-refractivity contribution in [3.63, 3.8) is 0 Å². The molecule has 0 unspecified atom stereocenters. The Morgan fingerprint density at radius 3 is 2.35 bits per heavy atom. The zero-order valence-electron chi connectivity index (χ0n) is 16.5. The number of amides is 1. The number of nitrogens with zero attached hydrogens (tertiary/aromatic N) is 2. The van der Waals surface area contributed by atoms with Crippen LogP contribution in [0.15, 0.2) is 24.3 Å². The molecule has 0 aliphatic carbocycles. The average Bonchev–Trinajstić information content (AvgIpc) is 3.05. The van der Waals surface area contributed by atoms with Gasteiger partial charge >= 0.3 is 0 Å². The topological polar surface area (TPSA) is 43.8 Å². The number of hydrogen-bond acceptors (Lipinski definition) is 3. The standard InChI is InChI=1S/C22H34N2O2/c1-16(2)19-6-4-18(5-7-19)12-23-13-21(15-25)22(14-23)20-8-10-24(11-9-20)17(3)26/h4-7,16,20-22,25H,8-15H2,1-3H3/t21-,22-/m0/s1. The van der Waals surface area contributed by atoms with Crippen LogP contribution in [-0.2, 0) is 11.3 Å². The summed E-state index contributed by atoms with van der Waals surface area (Å²) < 4.78 is 0. The molecule has 3 rings (SSSR count). The molecule has 0 aromatic heterocycles. The van der Waals surface area contributed by atoms with Crippen LogP contribution in [0.25, 0.3) is 0 Å². The Morgan fingerprint density at radius 1 is 1.15 bits per heavy atom. The summed E-state index contributed by atoms with van der Waals surface area (Å²) in [6.07, 6.45) is 2.16. The Hall–Kier alpha value is -1.39. The Labute approximate surface area is 158 Å². The van der Waals surface area contributed by atoms with Crippen LogP contribution in [0.4, 0.5) is 0 Å². The van der Waals surface area contributed by atoms with E-state index in [0.29, 0.717) is 23.7 Å². The van der Waals surface area contributed by atoms with Crippen LogP contribution in [0.2, 0.25) is 0 Å². The highest BCUT2D eigenvalue weighted by molar-refractivity contribution is 5.73. The van der Waals surface area contributed by atoms with E-state index < -0.39 is 0 Å². The van der Waals surface area contributed by atoms with Crippen LogP contribution in [-0.4, -0.2) is 53.6 Å². The first-order valence-corrected chi connectivity index (χ1v) is 10.2. The maximum Gasteiger partial charge on any atom is 0.219 e.